The molecule has 1 heterocycles. The first-order valence-electron chi connectivity index (χ1n) is 7.06. The molecule has 0 saturated heterocycles. The zero-order valence-corrected chi connectivity index (χ0v) is 14.8. The minimum absolute atomic E-state index is 0.278. The SMILES string of the molecule is Cc1cccc(-c2csc(Cc3ccc(C(=O)O)cc3Br)n2)c1. The largest absolute Gasteiger partial charge is 0.478 e. The van der Waals surface area contributed by atoms with Crippen molar-refractivity contribution in [3.63, 3.8) is 0 Å². The number of nitrogens with zero attached hydrogens (tertiary/aromatic N) is 1. The lowest BCUT2D eigenvalue weighted by atomic mass is 10.1. The van der Waals surface area contributed by atoms with Crippen molar-refractivity contribution in [3.8, 4) is 11.3 Å². The highest BCUT2D eigenvalue weighted by Crippen LogP contribution is 2.27. The van der Waals surface area contributed by atoms with E-state index in [4.69, 9.17) is 10.1 Å². The van der Waals surface area contributed by atoms with Crippen LogP contribution in [-0.2, 0) is 6.42 Å². The molecule has 23 heavy (non-hydrogen) atoms. The number of aryl methyl sites for hydroxylation is 1. The summed E-state index contributed by atoms with van der Waals surface area (Å²) in [4.78, 5) is 15.7. The zero-order valence-electron chi connectivity index (χ0n) is 12.4. The predicted octanol–water partition coefficient (Wildman–Crippen LogP) is 5.17. The topological polar surface area (TPSA) is 50.2 Å². The molecule has 3 nitrogen and oxygen atoms in total. The molecular weight excluding hydrogens is 374 g/mol. The van der Waals surface area contributed by atoms with Gasteiger partial charge in [-0.2, -0.15) is 0 Å². The van der Waals surface area contributed by atoms with E-state index in [1.54, 1.807) is 23.5 Å². The molecule has 0 spiro atoms. The first kappa shape index (κ1) is 15.9. The van der Waals surface area contributed by atoms with Crippen molar-refractivity contribution < 1.29 is 9.90 Å². The number of hydrogen-bond donors (Lipinski definition) is 1. The first-order valence-corrected chi connectivity index (χ1v) is 8.73. The van der Waals surface area contributed by atoms with Crippen LogP contribution >= 0.6 is 27.3 Å². The fraction of sp³-hybridized carbons (Fsp3) is 0.111. The standard InChI is InChI=1S/C18H14BrNO2S/c1-11-3-2-4-13(7-11)16-10-23-17(20-16)9-12-5-6-14(18(21)22)8-15(12)19/h2-8,10H,9H2,1H3,(H,21,22). The number of hydrogen-bond acceptors (Lipinski definition) is 3. The van der Waals surface area contributed by atoms with Crippen LogP contribution in [-0.4, -0.2) is 16.1 Å². The number of aromatic carboxylic acids is 1. The van der Waals surface area contributed by atoms with Gasteiger partial charge in [0.05, 0.1) is 16.3 Å². The van der Waals surface area contributed by atoms with E-state index in [-0.39, 0.29) is 5.56 Å². The summed E-state index contributed by atoms with van der Waals surface area (Å²) in [6.07, 6.45) is 0.678. The Morgan fingerprint density at radius 3 is 2.78 bits per heavy atom. The maximum atomic E-state index is 11.0. The van der Waals surface area contributed by atoms with Crippen molar-refractivity contribution in [2.24, 2.45) is 0 Å². The molecule has 3 aromatic rings. The summed E-state index contributed by atoms with van der Waals surface area (Å²) in [6, 6.07) is 13.4. The van der Waals surface area contributed by atoms with Crippen LogP contribution in [0.3, 0.4) is 0 Å². The minimum atomic E-state index is -0.923. The summed E-state index contributed by atoms with van der Waals surface area (Å²) < 4.78 is 0.796. The number of carboxylic acids is 1. The molecule has 0 atom stereocenters. The average molecular weight is 388 g/mol. The van der Waals surface area contributed by atoms with Gasteiger partial charge in [-0.05, 0) is 30.7 Å². The van der Waals surface area contributed by atoms with Crippen LogP contribution in [0.1, 0.15) is 26.5 Å². The summed E-state index contributed by atoms with van der Waals surface area (Å²) in [5, 5.41) is 12.1. The highest BCUT2D eigenvalue weighted by atomic mass is 79.9. The molecule has 0 saturated carbocycles. The number of aromatic nitrogens is 1. The van der Waals surface area contributed by atoms with E-state index in [1.807, 2.05) is 12.1 Å². The number of carbonyl (C=O) groups is 1. The van der Waals surface area contributed by atoms with Crippen LogP contribution in [0, 0.1) is 6.92 Å². The van der Waals surface area contributed by atoms with Crippen molar-refractivity contribution in [3.05, 3.63) is 74.0 Å². The molecule has 0 radical (unpaired) electrons. The Balaban J connectivity index is 1.83. The Morgan fingerprint density at radius 2 is 2.09 bits per heavy atom. The highest BCUT2D eigenvalue weighted by Gasteiger charge is 2.10. The Kier molecular flexibility index (Phi) is 4.59. The number of rotatable bonds is 4. The van der Waals surface area contributed by atoms with E-state index in [0.717, 1.165) is 26.3 Å². The van der Waals surface area contributed by atoms with Crippen molar-refractivity contribution in [1.82, 2.24) is 4.98 Å². The highest BCUT2D eigenvalue weighted by molar-refractivity contribution is 9.10. The van der Waals surface area contributed by atoms with Gasteiger partial charge in [-0.15, -0.1) is 11.3 Å². The van der Waals surface area contributed by atoms with Gasteiger partial charge in [-0.3, -0.25) is 0 Å². The molecule has 0 aliphatic heterocycles. The molecule has 1 aromatic heterocycles. The van der Waals surface area contributed by atoms with Crippen molar-refractivity contribution in [2.45, 2.75) is 13.3 Å². The molecule has 0 fully saturated rings. The first-order chi connectivity index (χ1) is 11.0. The van der Waals surface area contributed by atoms with Crippen LogP contribution in [0.15, 0.2) is 52.3 Å². The van der Waals surface area contributed by atoms with Gasteiger partial charge in [0.1, 0.15) is 0 Å². The third-order valence-corrected chi connectivity index (χ3v) is 5.09. The predicted molar refractivity (Wildman–Crippen MR) is 96.2 cm³/mol. The lowest BCUT2D eigenvalue weighted by Crippen LogP contribution is -1.98. The summed E-state index contributed by atoms with van der Waals surface area (Å²) in [7, 11) is 0. The van der Waals surface area contributed by atoms with Crippen LogP contribution < -0.4 is 0 Å². The lowest BCUT2D eigenvalue weighted by Gasteiger charge is -2.04. The zero-order chi connectivity index (χ0) is 16.4. The molecule has 116 valence electrons. The molecule has 1 N–H and O–H groups in total. The number of thiazole rings is 1. The van der Waals surface area contributed by atoms with E-state index in [1.165, 1.54) is 5.56 Å². The van der Waals surface area contributed by atoms with Gasteiger partial charge in [-0.25, -0.2) is 9.78 Å². The van der Waals surface area contributed by atoms with Gasteiger partial charge in [0.25, 0.3) is 0 Å². The number of halogens is 1. The second kappa shape index (κ2) is 6.64. The Bertz CT molecular complexity index is 873. The molecule has 0 unspecified atom stereocenters. The molecule has 0 aliphatic rings. The Morgan fingerprint density at radius 1 is 1.26 bits per heavy atom. The second-order valence-corrected chi connectivity index (χ2v) is 7.08. The second-order valence-electron chi connectivity index (χ2n) is 5.28. The third-order valence-electron chi connectivity index (χ3n) is 3.51. The van der Waals surface area contributed by atoms with Crippen molar-refractivity contribution in [2.75, 3.05) is 0 Å². The van der Waals surface area contributed by atoms with Crippen LogP contribution in [0.4, 0.5) is 0 Å². The Hall–Kier alpha value is -1.98. The molecule has 2 aromatic carbocycles. The molecule has 5 heteroatoms. The van der Waals surface area contributed by atoms with Gasteiger partial charge < -0.3 is 5.11 Å². The summed E-state index contributed by atoms with van der Waals surface area (Å²) >= 11 is 5.06. The monoisotopic (exact) mass is 387 g/mol. The van der Waals surface area contributed by atoms with Crippen LogP contribution in [0.5, 0.6) is 0 Å². The molecular formula is C18H14BrNO2S. The molecule has 0 bridgehead atoms. The van der Waals surface area contributed by atoms with E-state index < -0.39 is 5.97 Å². The summed E-state index contributed by atoms with van der Waals surface area (Å²) in [6.45, 7) is 2.07. The molecule has 3 rings (SSSR count). The maximum absolute atomic E-state index is 11.0. The van der Waals surface area contributed by atoms with E-state index in [9.17, 15) is 4.79 Å². The number of carboxylic acid groups (broad SMARTS) is 1. The molecule has 0 amide bonds. The smallest absolute Gasteiger partial charge is 0.335 e. The van der Waals surface area contributed by atoms with Gasteiger partial charge in [0.15, 0.2) is 0 Å². The van der Waals surface area contributed by atoms with Crippen molar-refractivity contribution in [1.29, 1.82) is 0 Å². The fourth-order valence-electron chi connectivity index (χ4n) is 2.32. The normalized spacial score (nSPS) is 10.7. The van der Waals surface area contributed by atoms with Gasteiger partial charge in [0.2, 0.25) is 0 Å². The van der Waals surface area contributed by atoms with E-state index in [0.29, 0.717) is 6.42 Å². The lowest BCUT2D eigenvalue weighted by molar-refractivity contribution is 0.0697. The maximum Gasteiger partial charge on any atom is 0.335 e. The minimum Gasteiger partial charge on any atom is -0.478 e. The quantitative estimate of drug-likeness (QED) is 0.671. The molecule has 0 aliphatic carbocycles. The van der Waals surface area contributed by atoms with Crippen LogP contribution in [0.25, 0.3) is 11.3 Å². The van der Waals surface area contributed by atoms with Gasteiger partial charge in [-0.1, -0.05) is 45.8 Å². The number of benzene rings is 2. The van der Waals surface area contributed by atoms with Crippen molar-refractivity contribution >= 4 is 33.2 Å². The third kappa shape index (κ3) is 3.68. The average Bonchev–Trinajstić information content (AvgIpc) is 2.98. The van der Waals surface area contributed by atoms with Crippen LogP contribution in [0.2, 0.25) is 0 Å². The van der Waals surface area contributed by atoms with E-state index >= 15 is 0 Å². The fourth-order valence-corrected chi connectivity index (χ4v) is 3.66. The summed E-state index contributed by atoms with van der Waals surface area (Å²) in [5.41, 5.74) is 4.61. The summed E-state index contributed by atoms with van der Waals surface area (Å²) in [5.74, 6) is -0.923. The van der Waals surface area contributed by atoms with Gasteiger partial charge >= 0.3 is 5.97 Å². The Labute approximate surface area is 146 Å². The van der Waals surface area contributed by atoms with Gasteiger partial charge in [0, 0.05) is 21.8 Å². The van der Waals surface area contributed by atoms with E-state index in [2.05, 4.69) is 46.4 Å².